The molecule has 0 bridgehead atoms. The Morgan fingerprint density at radius 3 is 1.92 bits per heavy atom. The minimum atomic E-state index is -2.22. The van der Waals surface area contributed by atoms with Gasteiger partial charge in [0.2, 0.25) is 0 Å². The van der Waals surface area contributed by atoms with Crippen LogP contribution in [0.25, 0.3) is 0 Å². The van der Waals surface area contributed by atoms with Crippen LogP contribution in [-0.4, -0.2) is 55.6 Å². The quantitative estimate of drug-likeness (QED) is 0.402. The maximum Gasteiger partial charge on any atom is 0.316 e. The van der Waals surface area contributed by atoms with Gasteiger partial charge in [0.15, 0.2) is 8.32 Å². The molecule has 0 aliphatic rings. The second-order valence-electron chi connectivity index (χ2n) is 7.36. The Morgan fingerprint density at radius 2 is 1.54 bits per heavy atom. The summed E-state index contributed by atoms with van der Waals surface area (Å²) < 4.78 is 18.7. The molecule has 0 spiro atoms. The molecule has 0 saturated carbocycles. The minimum Gasteiger partial charge on any atom is -0.445 e. The molecule has 24 heavy (non-hydrogen) atoms. The maximum atomic E-state index is 6.51. The summed E-state index contributed by atoms with van der Waals surface area (Å²) in [7, 11) is -5.17. The highest BCUT2D eigenvalue weighted by atomic mass is 28.5. The van der Waals surface area contributed by atoms with E-state index in [0.717, 1.165) is 29.6 Å². The van der Waals surface area contributed by atoms with Crippen molar-refractivity contribution in [2.45, 2.75) is 73.5 Å². The van der Waals surface area contributed by atoms with Crippen LogP contribution in [0.15, 0.2) is 0 Å². The van der Waals surface area contributed by atoms with Crippen molar-refractivity contribution in [1.29, 1.82) is 0 Å². The van der Waals surface area contributed by atoms with E-state index in [2.05, 4.69) is 51.5 Å². The molecule has 150 valence electrons. The van der Waals surface area contributed by atoms with Gasteiger partial charge in [0.05, 0.1) is 0 Å². The van der Waals surface area contributed by atoms with Gasteiger partial charge in [-0.25, -0.2) is 0 Å². The second-order valence-corrected chi connectivity index (χ2v) is 20.3. The van der Waals surface area contributed by atoms with Crippen LogP contribution in [0.2, 0.25) is 45.3 Å². The van der Waals surface area contributed by atoms with Crippen molar-refractivity contribution in [3.8, 4) is 0 Å². The zero-order valence-electron chi connectivity index (χ0n) is 17.2. The fourth-order valence-electron chi connectivity index (χ4n) is 2.47. The van der Waals surface area contributed by atoms with Gasteiger partial charge < -0.3 is 23.4 Å². The molecule has 0 aromatic rings. The van der Waals surface area contributed by atoms with Crippen molar-refractivity contribution in [3.05, 3.63) is 0 Å². The number of nitrogens with two attached hydrogens (primary N) is 1. The monoisotopic (exact) mass is 414 g/mol. The highest BCUT2D eigenvalue weighted by Crippen LogP contribution is 2.27. The Balaban J connectivity index is -0.00000141. The Morgan fingerprint density at radius 1 is 1.04 bits per heavy atom. The van der Waals surface area contributed by atoms with E-state index in [1.807, 2.05) is 13.8 Å². The van der Waals surface area contributed by atoms with E-state index in [0.29, 0.717) is 12.5 Å². The van der Waals surface area contributed by atoms with Gasteiger partial charge in [-0.2, -0.15) is 0 Å². The summed E-state index contributed by atoms with van der Waals surface area (Å²) in [6.07, 6.45) is 0. The van der Waals surface area contributed by atoms with E-state index in [4.69, 9.17) is 18.1 Å². The van der Waals surface area contributed by atoms with Crippen LogP contribution in [0.1, 0.15) is 28.2 Å². The van der Waals surface area contributed by atoms with Crippen molar-refractivity contribution in [2.75, 3.05) is 19.6 Å². The normalized spacial score (nSPS) is 15.8. The van der Waals surface area contributed by atoms with Gasteiger partial charge in [-0.05, 0) is 57.8 Å². The topological polar surface area (TPSA) is 65.7 Å². The summed E-state index contributed by atoms with van der Waals surface area (Å²) in [6, 6.07) is 0.996. The third-order valence-electron chi connectivity index (χ3n) is 3.01. The average Bonchev–Trinajstić information content (AvgIpc) is 2.37. The molecule has 0 aromatic carbocycles. The second kappa shape index (κ2) is 13.8. The fourth-order valence-corrected chi connectivity index (χ4v) is 15.5. The van der Waals surface area contributed by atoms with Crippen molar-refractivity contribution in [1.82, 2.24) is 5.32 Å². The van der Waals surface area contributed by atoms with Crippen molar-refractivity contribution < 1.29 is 12.3 Å². The molecule has 0 heterocycles. The molecule has 0 radical (unpaired) electrons. The predicted molar refractivity (Wildman–Crippen MR) is 120 cm³/mol. The molecule has 3 N–H and O–H groups in total. The van der Waals surface area contributed by atoms with E-state index in [-0.39, 0.29) is 7.43 Å². The Bertz CT molecular complexity index is 305. The molecule has 0 saturated heterocycles. The molecule has 2 atom stereocenters. The highest BCUT2D eigenvalue weighted by molar-refractivity contribution is 6.87. The largest absolute Gasteiger partial charge is 0.445 e. The summed E-state index contributed by atoms with van der Waals surface area (Å²) in [5.41, 5.74) is 5.52. The van der Waals surface area contributed by atoms with Crippen LogP contribution in [0.3, 0.4) is 0 Å². The third kappa shape index (κ3) is 16.2. The molecule has 0 aliphatic heterocycles. The van der Waals surface area contributed by atoms with Gasteiger partial charge >= 0.3 is 17.1 Å². The Hall–Kier alpha value is 0.668. The molecule has 0 fully saturated rings. The molecule has 0 rings (SSSR count). The minimum absolute atomic E-state index is 0. The van der Waals surface area contributed by atoms with E-state index in [9.17, 15) is 0 Å². The number of hydrogen-bond acceptors (Lipinski definition) is 5. The standard InChI is InChI=1S/C12H36N2O3Si4.C2H6.CH4/c1-12(10-14-9-8-13)11-21(7,16-19(2,3)4)17-20(5,6)15-18;1-2;/h12,14H,8-11,13H2,1-7,18H3;1-2H3;1H4. The maximum absolute atomic E-state index is 6.51. The zero-order chi connectivity index (χ0) is 18.7. The average molecular weight is 415 g/mol. The smallest absolute Gasteiger partial charge is 0.316 e. The van der Waals surface area contributed by atoms with Crippen LogP contribution in [0, 0.1) is 5.92 Å². The molecule has 0 aliphatic carbocycles. The van der Waals surface area contributed by atoms with Gasteiger partial charge in [-0.1, -0.05) is 28.2 Å². The fraction of sp³-hybridized carbons (Fsp3) is 1.00. The molecular weight excluding hydrogens is 369 g/mol. The van der Waals surface area contributed by atoms with E-state index < -0.39 is 25.4 Å². The first-order valence-corrected chi connectivity index (χ1v) is 18.4. The summed E-state index contributed by atoms with van der Waals surface area (Å²) in [4.78, 5) is 0. The summed E-state index contributed by atoms with van der Waals surface area (Å²) in [5, 5.41) is 3.38. The summed E-state index contributed by atoms with van der Waals surface area (Å²) in [6.45, 7) is 21.9. The lowest BCUT2D eigenvalue weighted by atomic mass is 10.2. The molecule has 2 unspecified atom stereocenters. The summed E-state index contributed by atoms with van der Waals surface area (Å²) in [5.74, 6) is 0.517. The lowest BCUT2D eigenvalue weighted by Crippen LogP contribution is -2.55. The van der Waals surface area contributed by atoms with Crippen LogP contribution >= 0.6 is 0 Å². The summed E-state index contributed by atoms with van der Waals surface area (Å²) >= 11 is 0. The van der Waals surface area contributed by atoms with Gasteiger partial charge in [0, 0.05) is 13.1 Å². The zero-order valence-corrected chi connectivity index (χ0v) is 22.2. The van der Waals surface area contributed by atoms with Gasteiger partial charge in [0.25, 0.3) is 0 Å². The number of rotatable bonds is 11. The van der Waals surface area contributed by atoms with Crippen LogP contribution in [0.5, 0.6) is 0 Å². The SMILES string of the molecule is C.CC.CC(CNCCN)C[Si](C)(O[Si](C)(C)C)O[Si](C)(C)O[SiH3]. The lowest BCUT2D eigenvalue weighted by Gasteiger charge is -2.40. The number of hydrogen-bond donors (Lipinski definition) is 2. The van der Waals surface area contributed by atoms with Crippen LogP contribution in [-0.2, 0) is 12.3 Å². The lowest BCUT2D eigenvalue weighted by molar-refractivity contribution is 0.323. The van der Waals surface area contributed by atoms with Crippen molar-refractivity contribution >= 4 is 35.9 Å². The Labute approximate surface area is 158 Å². The molecule has 0 amide bonds. The molecule has 5 nitrogen and oxygen atoms in total. The van der Waals surface area contributed by atoms with E-state index in [1.165, 1.54) is 0 Å². The van der Waals surface area contributed by atoms with E-state index >= 15 is 0 Å². The van der Waals surface area contributed by atoms with Crippen molar-refractivity contribution in [2.24, 2.45) is 11.7 Å². The predicted octanol–water partition coefficient (Wildman–Crippen LogP) is 2.77. The highest BCUT2D eigenvalue weighted by Gasteiger charge is 2.43. The molecule has 0 aromatic heterocycles. The third-order valence-corrected chi connectivity index (χ3v) is 16.2. The van der Waals surface area contributed by atoms with Crippen molar-refractivity contribution in [3.63, 3.8) is 0 Å². The van der Waals surface area contributed by atoms with Gasteiger partial charge in [-0.3, -0.25) is 0 Å². The van der Waals surface area contributed by atoms with Gasteiger partial charge in [-0.15, -0.1) is 0 Å². The first-order valence-electron chi connectivity index (χ1n) is 8.79. The van der Waals surface area contributed by atoms with Gasteiger partial charge in [0.1, 0.15) is 10.5 Å². The Kier molecular flexibility index (Phi) is 16.9. The number of nitrogens with one attached hydrogen (secondary N) is 1. The first-order chi connectivity index (χ1) is 10.4. The van der Waals surface area contributed by atoms with Crippen LogP contribution in [0.4, 0.5) is 0 Å². The molecule has 9 heteroatoms. The first kappa shape index (κ1) is 29.4. The van der Waals surface area contributed by atoms with E-state index in [1.54, 1.807) is 0 Å². The molecular formula is C15H46N2O3Si4. The van der Waals surface area contributed by atoms with Crippen LogP contribution < -0.4 is 11.1 Å².